The summed E-state index contributed by atoms with van der Waals surface area (Å²) >= 11 is 4.87. The number of piperidine rings is 1. The smallest absolute Gasteiger partial charge is 0.263 e. The quantitative estimate of drug-likeness (QED) is 0.803. The molecule has 0 aliphatic carbocycles. The molecular weight excluding hydrogens is 400 g/mol. The second kappa shape index (κ2) is 8.15. The number of hydrogen-bond donors (Lipinski definition) is 1. The standard InChI is InChI=1S/C19H21BrN2O2S/c1-13(14-6-8-16(20)9-7-14)21-18(23)15-4-2-10-22(12-15)19(24)17-5-3-11-25-17/h3,5-9,11,13,15H,2,4,10,12H2,1H3,(H,21,23)/t13-,15-/m0/s1. The summed E-state index contributed by atoms with van der Waals surface area (Å²) in [7, 11) is 0. The lowest BCUT2D eigenvalue weighted by atomic mass is 9.96. The van der Waals surface area contributed by atoms with Crippen LogP contribution in [0.25, 0.3) is 0 Å². The number of thiophene rings is 1. The van der Waals surface area contributed by atoms with Gasteiger partial charge in [0.2, 0.25) is 5.91 Å². The number of carbonyl (C=O) groups is 2. The van der Waals surface area contributed by atoms with Crippen molar-refractivity contribution in [3.63, 3.8) is 0 Å². The number of hydrogen-bond acceptors (Lipinski definition) is 3. The summed E-state index contributed by atoms with van der Waals surface area (Å²) < 4.78 is 1.02. The lowest BCUT2D eigenvalue weighted by Crippen LogP contribution is -2.45. The molecule has 6 heteroatoms. The number of benzene rings is 1. The van der Waals surface area contributed by atoms with Gasteiger partial charge in [0.1, 0.15) is 0 Å². The van der Waals surface area contributed by atoms with Crippen LogP contribution in [-0.2, 0) is 4.79 Å². The van der Waals surface area contributed by atoms with Crippen LogP contribution < -0.4 is 5.32 Å². The Bertz CT molecular complexity index is 730. The van der Waals surface area contributed by atoms with E-state index in [-0.39, 0.29) is 23.8 Å². The van der Waals surface area contributed by atoms with Crippen molar-refractivity contribution in [1.29, 1.82) is 0 Å². The van der Waals surface area contributed by atoms with Gasteiger partial charge in [0.05, 0.1) is 16.8 Å². The van der Waals surface area contributed by atoms with Crippen LogP contribution in [0.2, 0.25) is 0 Å². The summed E-state index contributed by atoms with van der Waals surface area (Å²) in [6.07, 6.45) is 1.69. The molecule has 0 bridgehead atoms. The maximum atomic E-state index is 12.6. The van der Waals surface area contributed by atoms with Gasteiger partial charge in [0.15, 0.2) is 0 Å². The maximum absolute atomic E-state index is 12.6. The number of rotatable bonds is 4. The number of carbonyl (C=O) groups excluding carboxylic acids is 2. The molecule has 0 spiro atoms. The fourth-order valence-corrected chi connectivity index (χ4v) is 4.05. The third-order valence-electron chi connectivity index (χ3n) is 4.54. The highest BCUT2D eigenvalue weighted by Crippen LogP contribution is 2.22. The first-order valence-corrected chi connectivity index (χ1v) is 10.1. The molecule has 25 heavy (non-hydrogen) atoms. The maximum Gasteiger partial charge on any atom is 0.263 e. The van der Waals surface area contributed by atoms with E-state index in [0.29, 0.717) is 6.54 Å². The second-order valence-corrected chi connectivity index (χ2v) is 8.21. The molecular formula is C19H21BrN2O2S. The molecule has 1 N–H and O–H groups in total. The Hall–Kier alpha value is -1.66. The van der Waals surface area contributed by atoms with E-state index in [4.69, 9.17) is 0 Å². The second-order valence-electron chi connectivity index (χ2n) is 6.35. The van der Waals surface area contributed by atoms with Crippen LogP contribution in [0.1, 0.15) is 41.0 Å². The van der Waals surface area contributed by atoms with Crippen LogP contribution >= 0.6 is 27.3 Å². The molecule has 0 radical (unpaired) electrons. The minimum absolute atomic E-state index is 0.0269. The van der Waals surface area contributed by atoms with Crippen molar-refractivity contribution >= 4 is 39.1 Å². The predicted molar refractivity (Wildman–Crippen MR) is 104 cm³/mol. The van der Waals surface area contributed by atoms with E-state index in [2.05, 4.69) is 21.2 Å². The van der Waals surface area contributed by atoms with Crippen LogP contribution in [0.4, 0.5) is 0 Å². The summed E-state index contributed by atoms with van der Waals surface area (Å²) in [5, 5.41) is 4.99. The SMILES string of the molecule is C[C@H](NC(=O)[C@H]1CCCN(C(=O)c2cccs2)C1)c1ccc(Br)cc1. The lowest BCUT2D eigenvalue weighted by Gasteiger charge is -2.32. The minimum atomic E-state index is -0.143. The van der Waals surface area contributed by atoms with Gasteiger partial charge in [-0.05, 0) is 48.9 Å². The molecule has 4 nitrogen and oxygen atoms in total. The largest absolute Gasteiger partial charge is 0.349 e. The molecule has 2 heterocycles. The summed E-state index contributed by atoms with van der Waals surface area (Å²) in [5.41, 5.74) is 1.07. The normalized spacial score (nSPS) is 18.6. The number of nitrogens with one attached hydrogen (secondary N) is 1. The molecule has 1 aliphatic heterocycles. The molecule has 3 rings (SSSR count). The minimum Gasteiger partial charge on any atom is -0.349 e. The monoisotopic (exact) mass is 420 g/mol. The number of nitrogens with zero attached hydrogens (tertiary/aromatic N) is 1. The Balaban J connectivity index is 1.60. The number of amides is 2. The summed E-state index contributed by atoms with van der Waals surface area (Å²) in [5.74, 6) is -0.0804. The summed E-state index contributed by atoms with van der Waals surface area (Å²) in [4.78, 5) is 27.7. The fraction of sp³-hybridized carbons (Fsp3) is 0.368. The summed E-state index contributed by atoms with van der Waals surface area (Å²) in [6, 6.07) is 11.6. The number of likely N-dealkylation sites (tertiary alicyclic amines) is 1. The fourth-order valence-electron chi connectivity index (χ4n) is 3.10. The van der Waals surface area contributed by atoms with Crippen molar-refractivity contribution in [3.8, 4) is 0 Å². The zero-order valence-corrected chi connectivity index (χ0v) is 16.5. The third kappa shape index (κ3) is 4.50. The molecule has 0 unspecified atom stereocenters. The average Bonchev–Trinajstić information content (AvgIpc) is 3.16. The van der Waals surface area contributed by atoms with Gasteiger partial charge >= 0.3 is 0 Å². The molecule has 2 aromatic rings. The molecule has 1 aromatic carbocycles. The molecule has 2 atom stereocenters. The molecule has 1 saturated heterocycles. The Labute approximate surface area is 160 Å². The molecule has 132 valence electrons. The van der Waals surface area contributed by atoms with E-state index in [0.717, 1.165) is 34.3 Å². The third-order valence-corrected chi connectivity index (χ3v) is 5.93. The van der Waals surface area contributed by atoms with Crippen molar-refractivity contribution in [2.75, 3.05) is 13.1 Å². The van der Waals surface area contributed by atoms with Crippen LogP contribution in [0.5, 0.6) is 0 Å². The molecule has 1 aromatic heterocycles. The van der Waals surface area contributed by atoms with E-state index < -0.39 is 0 Å². The average molecular weight is 421 g/mol. The number of halogens is 1. The zero-order chi connectivity index (χ0) is 17.8. The Kier molecular flexibility index (Phi) is 5.91. The van der Waals surface area contributed by atoms with Gasteiger partial charge in [-0.25, -0.2) is 0 Å². The van der Waals surface area contributed by atoms with Gasteiger partial charge in [-0.1, -0.05) is 34.1 Å². The Morgan fingerprint density at radius 3 is 2.72 bits per heavy atom. The van der Waals surface area contributed by atoms with Crippen LogP contribution in [0.15, 0.2) is 46.3 Å². The van der Waals surface area contributed by atoms with Crippen LogP contribution in [0, 0.1) is 5.92 Å². The first-order valence-electron chi connectivity index (χ1n) is 8.43. The molecule has 0 saturated carbocycles. The molecule has 2 amide bonds. The lowest BCUT2D eigenvalue weighted by molar-refractivity contribution is -0.127. The van der Waals surface area contributed by atoms with Gasteiger partial charge in [0, 0.05) is 17.6 Å². The Morgan fingerprint density at radius 2 is 2.04 bits per heavy atom. The van der Waals surface area contributed by atoms with Crippen LogP contribution in [-0.4, -0.2) is 29.8 Å². The van der Waals surface area contributed by atoms with Crippen molar-refractivity contribution in [1.82, 2.24) is 10.2 Å². The first kappa shape index (κ1) is 18.1. The predicted octanol–water partition coefficient (Wildman–Crippen LogP) is 4.24. The van der Waals surface area contributed by atoms with Crippen molar-refractivity contribution < 1.29 is 9.59 Å². The zero-order valence-electron chi connectivity index (χ0n) is 14.1. The van der Waals surface area contributed by atoms with E-state index in [1.54, 1.807) is 0 Å². The highest BCUT2D eigenvalue weighted by molar-refractivity contribution is 9.10. The molecule has 1 fully saturated rings. The van der Waals surface area contributed by atoms with Gasteiger partial charge in [0.25, 0.3) is 5.91 Å². The van der Waals surface area contributed by atoms with Gasteiger partial charge in [-0.15, -0.1) is 11.3 Å². The first-order chi connectivity index (χ1) is 12.0. The van der Waals surface area contributed by atoms with Crippen molar-refractivity contribution in [3.05, 3.63) is 56.7 Å². The van der Waals surface area contributed by atoms with Crippen molar-refractivity contribution in [2.45, 2.75) is 25.8 Å². The van der Waals surface area contributed by atoms with E-state index in [9.17, 15) is 9.59 Å². The highest BCUT2D eigenvalue weighted by atomic mass is 79.9. The van der Waals surface area contributed by atoms with Gasteiger partial charge < -0.3 is 10.2 Å². The van der Waals surface area contributed by atoms with Gasteiger partial charge in [-0.2, -0.15) is 0 Å². The van der Waals surface area contributed by atoms with Crippen molar-refractivity contribution in [2.24, 2.45) is 5.92 Å². The Morgan fingerprint density at radius 1 is 1.28 bits per heavy atom. The molecule has 1 aliphatic rings. The highest BCUT2D eigenvalue weighted by Gasteiger charge is 2.29. The van der Waals surface area contributed by atoms with E-state index >= 15 is 0 Å². The van der Waals surface area contributed by atoms with E-state index in [1.807, 2.05) is 53.6 Å². The topological polar surface area (TPSA) is 49.4 Å². The summed E-state index contributed by atoms with van der Waals surface area (Å²) in [6.45, 7) is 3.21. The van der Waals surface area contributed by atoms with Crippen LogP contribution in [0.3, 0.4) is 0 Å². The van der Waals surface area contributed by atoms with Gasteiger partial charge in [-0.3, -0.25) is 9.59 Å². The van der Waals surface area contributed by atoms with E-state index in [1.165, 1.54) is 11.3 Å².